The molecule has 0 saturated heterocycles. The van der Waals surface area contributed by atoms with Crippen molar-refractivity contribution in [1.82, 2.24) is 4.98 Å². The molecule has 3 heterocycles. The Bertz CT molecular complexity index is 1120. The number of nitrogens with zero attached hydrogens (tertiary/aromatic N) is 2. The van der Waals surface area contributed by atoms with Crippen LogP contribution >= 0.6 is 11.3 Å². The van der Waals surface area contributed by atoms with Crippen LogP contribution < -0.4 is 0 Å². The van der Waals surface area contributed by atoms with Gasteiger partial charge in [0.1, 0.15) is 34.1 Å². The molecule has 0 spiro atoms. The van der Waals surface area contributed by atoms with E-state index in [1.807, 2.05) is 11.4 Å². The second kappa shape index (κ2) is 6.82. The summed E-state index contributed by atoms with van der Waals surface area (Å²) in [5.41, 5.74) is 1.41. The minimum absolute atomic E-state index is 0.360. The number of rotatable bonds is 4. The third-order valence-electron chi connectivity index (χ3n) is 3.68. The number of furan rings is 2. The predicted molar refractivity (Wildman–Crippen MR) is 97.4 cm³/mol. The highest BCUT2D eigenvalue weighted by Crippen LogP contribution is 2.29. The molecule has 4 nitrogen and oxygen atoms in total. The lowest BCUT2D eigenvalue weighted by Gasteiger charge is -1.98. The molecule has 1 aromatic carbocycles. The molecule has 0 bridgehead atoms. The van der Waals surface area contributed by atoms with E-state index in [0.717, 1.165) is 0 Å². The van der Waals surface area contributed by atoms with Gasteiger partial charge in [-0.15, -0.1) is 11.3 Å². The van der Waals surface area contributed by atoms with Crippen LogP contribution in [0.4, 0.5) is 4.39 Å². The zero-order chi connectivity index (χ0) is 17.9. The SMILES string of the molecule is N#CC(=Cc1ccc(-c2ccccc2F)o1)c1nc(-c2ccco2)cs1. The van der Waals surface area contributed by atoms with Gasteiger partial charge in [-0.2, -0.15) is 5.26 Å². The Kier molecular flexibility index (Phi) is 4.22. The molecule has 0 aliphatic heterocycles. The van der Waals surface area contributed by atoms with Crippen molar-refractivity contribution in [2.45, 2.75) is 0 Å². The highest BCUT2D eigenvalue weighted by Gasteiger charge is 2.13. The first-order valence-corrected chi connectivity index (χ1v) is 8.59. The number of hydrogen-bond acceptors (Lipinski definition) is 5. The van der Waals surface area contributed by atoms with Gasteiger partial charge in [0.15, 0.2) is 5.76 Å². The standard InChI is InChI=1S/C20H11FN2O2S/c21-16-5-2-1-4-15(16)18-8-7-14(25-18)10-13(11-22)20-23-17(12-26-20)19-6-3-9-24-19/h1-10,12H. The minimum atomic E-state index is -0.360. The lowest BCUT2D eigenvalue weighted by Crippen LogP contribution is -1.81. The maximum Gasteiger partial charge on any atom is 0.153 e. The average molecular weight is 362 g/mol. The minimum Gasteiger partial charge on any atom is -0.463 e. The Morgan fingerprint density at radius 2 is 2.00 bits per heavy atom. The van der Waals surface area contributed by atoms with Gasteiger partial charge < -0.3 is 8.83 Å². The zero-order valence-electron chi connectivity index (χ0n) is 13.3. The van der Waals surface area contributed by atoms with Crippen LogP contribution in [0.3, 0.4) is 0 Å². The first kappa shape index (κ1) is 16.1. The van der Waals surface area contributed by atoms with Gasteiger partial charge in [-0.25, -0.2) is 9.37 Å². The molecule has 0 unspecified atom stereocenters. The van der Waals surface area contributed by atoms with Crippen LogP contribution in [0.2, 0.25) is 0 Å². The number of halogens is 1. The van der Waals surface area contributed by atoms with Gasteiger partial charge in [0.2, 0.25) is 0 Å². The third kappa shape index (κ3) is 3.08. The van der Waals surface area contributed by atoms with Crippen LogP contribution in [0.5, 0.6) is 0 Å². The smallest absolute Gasteiger partial charge is 0.153 e. The molecule has 0 radical (unpaired) electrons. The molecule has 4 aromatic rings. The summed E-state index contributed by atoms with van der Waals surface area (Å²) >= 11 is 1.34. The van der Waals surface area contributed by atoms with Crippen molar-refractivity contribution in [2.75, 3.05) is 0 Å². The molecule has 26 heavy (non-hydrogen) atoms. The molecule has 0 fully saturated rings. The van der Waals surface area contributed by atoms with Gasteiger partial charge in [-0.05, 0) is 36.4 Å². The normalized spacial score (nSPS) is 11.5. The molecule has 6 heteroatoms. The second-order valence-electron chi connectivity index (χ2n) is 5.37. The fraction of sp³-hybridized carbons (Fsp3) is 0. The fourth-order valence-corrected chi connectivity index (χ4v) is 3.23. The first-order valence-electron chi connectivity index (χ1n) is 7.71. The van der Waals surface area contributed by atoms with E-state index in [1.54, 1.807) is 48.7 Å². The maximum absolute atomic E-state index is 13.9. The largest absolute Gasteiger partial charge is 0.463 e. The van der Waals surface area contributed by atoms with E-state index >= 15 is 0 Å². The third-order valence-corrected chi connectivity index (χ3v) is 4.56. The number of thiazole rings is 1. The number of nitriles is 1. The topological polar surface area (TPSA) is 63.0 Å². The Labute approximate surface area is 152 Å². The summed E-state index contributed by atoms with van der Waals surface area (Å²) in [7, 11) is 0. The summed E-state index contributed by atoms with van der Waals surface area (Å²) in [4.78, 5) is 4.43. The molecule has 0 aliphatic rings. The van der Waals surface area contributed by atoms with E-state index in [0.29, 0.717) is 39.1 Å². The zero-order valence-corrected chi connectivity index (χ0v) is 14.2. The van der Waals surface area contributed by atoms with Crippen molar-refractivity contribution in [1.29, 1.82) is 5.26 Å². The summed E-state index contributed by atoms with van der Waals surface area (Å²) in [6, 6.07) is 15.5. The van der Waals surface area contributed by atoms with E-state index in [2.05, 4.69) is 11.1 Å². The lowest BCUT2D eigenvalue weighted by molar-refractivity contribution is 0.561. The molecule has 0 amide bonds. The molecular formula is C20H11FN2O2S. The van der Waals surface area contributed by atoms with Crippen molar-refractivity contribution in [2.24, 2.45) is 0 Å². The van der Waals surface area contributed by atoms with E-state index in [1.165, 1.54) is 17.4 Å². The predicted octanol–water partition coefficient (Wildman–Crippen LogP) is 5.87. The van der Waals surface area contributed by atoms with Crippen LogP contribution in [0.1, 0.15) is 10.8 Å². The molecule has 3 aromatic heterocycles. The van der Waals surface area contributed by atoms with Crippen molar-refractivity contribution < 1.29 is 13.2 Å². The second-order valence-corrected chi connectivity index (χ2v) is 6.22. The Balaban J connectivity index is 1.65. The Hall–Kier alpha value is -3.43. The van der Waals surface area contributed by atoms with Crippen molar-refractivity contribution >= 4 is 23.0 Å². The fourth-order valence-electron chi connectivity index (χ4n) is 2.46. The monoisotopic (exact) mass is 362 g/mol. The van der Waals surface area contributed by atoms with Gasteiger partial charge >= 0.3 is 0 Å². The van der Waals surface area contributed by atoms with Crippen LogP contribution in [-0.4, -0.2) is 4.98 Å². The molecule has 0 N–H and O–H groups in total. The van der Waals surface area contributed by atoms with Crippen LogP contribution in [0.15, 0.2) is 69.0 Å². The van der Waals surface area contributed by atoms with E-state index in [4.69, 9.17) is 8.83 Å². The number of benzene rings is 1. The summed E-state index contributed by atoms with van der Waals surface area (Å²) in [5, 5.41) is 11.9. The molecule has 126 valence electrons. The number of aromatic nitrogens is 1. The van der Waals surface area contributed by atoms with E-state index in [9.17, 15) is 9.65 Å². The van der Waals surface area contributed by atoms with Crippen molar-refractivity contribution in [3.8, 4) is 28.8 Å². The highest BCUT2D eigenvalue weighted by molar-refractivity contribution is 7.11. The maximum atomic E-state index is 13.9. The number of hydrogen-bond donors (Lipinski definition) is 0. The van der Waals surface area contributed by atoms with Gasteiger partial charge in [0.05, 0.1) is 17.4 Å². The summed E-state index contributed by atoms with van der Waals surface area (Å²) < 4.78 is 24.9. The molecule has 0 atom stereocenters. The van der Waals surface area contributed by atoms with Gasteiger partial charge in [0, 0.05) is 11.5 Å². The Morgan fingerprint density at radius 3 is 2.77 bits per heavy atom. The average Bonchev–Trinajstić information content (AvgIpc) is 3.40. The Morgan fingerprint density at radius 1 is 1.12 bits per heavy atom. The summed E-state index contributed by atoms with van der Waals surface area (Å²) in [6.45, 7) is 0. The number of allylic oxidation sites excluding steroid dienone is 1. The highest BCUT2D eigenvalue weighted by atomic mass is 32.1. The van der Waals surface area contributed by atoms with Crippen molar-refractivity contribution in [3.63, 3.8) is 0 Å². The summed E-state index contributed by atoms with van der Waals surface area (Å²) in [5.74, 6) is 1.14. The van der Waals surface area contributed by atoms with Gasteiger partial charge in [-0.3, -0.25) is 0 Å². The quantitative estimate of drug-likeness (QED) is 0.426. The molecule has 0 aliphatic carbocycles. The lowest BCUT2D eigenvalue weighted by atomic mass is 10.1. The van der Waals surface area contributed by atoms with Crippen LogP contribution in [-0.2, 0) is 0 Å². The van der Waals surface area contributed by atoms with Crippen LogP contribution in [0.25, 0.3) is 34.4 Å². The van der Waals surface area contributed by atoms with Gasteiger partial charge in [-0.1, -0.05) is 12.1 Å². The van der Waals surface area contributed by atoms with Crippen molar-refractivity contribution in [3.05, 3.63) is 76.8 Å². The van der Waals surface area contributed by atoms with Gasteiger partial charge in [0.25, 0.3) is 0 Å². The molecular weight excluding hydrogens is 351 g/mol. The van der Waals surface area contributed by atoms with E-state index < -0.39 is 0 Å². The summed E-state index contributed by atoms with van der Waals surface area (Å²) in [6.07, 6.45) is 3.16. The van der Waals surface area contributed by atoms with Crippen LogP contribution in [0, 0.1) is 17.1 Å². The first-order chi connectivity index (χ1) is 12.7. The van der Waals surface area contributed by atoms with E-state index in [-0.39, 0.29) is 5.82 Å². The molecule has 4 rings (SSSR count). The molecule has 0 saturated carbocycles.